The van der Waals surface area contributed by atoms with Gasteiger partial charge in [0.05, 0.1) is 25.3 Å². The lowest BCUT2D eigenvalue weighted by Gasteiger charge is -2.23. The van der Waals surface area contributed by atoms with Crippen molar-refractivity contribution in [3.8, 4) is 0 Å². The first-order valence-corrected chi connectivity index (χ1v) is 8.68. The quantitative estimate of drug-likeness (QED) is 0.572. The molecule has 0 aliphatic carbocycles. The molecule has 8 heteroatoms. The third kappa shape index (κ3) is 5.19. The summed E-state index contributed by atoms with van der Waals surface area (Å²) in [5, 5.41) is 5.25. The lowest BCUT2D eigenvalue weighted by Crippen LogP contribution is -2.41. The summed E-state index contributed by atoms with van der Waals surface area (Å²) < 4.78 is 9.31. The second-order valence-corrected chi connectivity index (χ2v) is 6.68. The SMILES string of the molecule is COC(=O)c1cccc(NC(=O)C(C)(C)C(=O)Nc2cccc(C(=O)OC)c2)c1. The van der Waals surface area contributed by atoms with Crippen LogP contribution in [0.25, 0.3) is 0 Å². The molecule has 0 fully saturated rings. The fourth-order valence-electron chi connectivity index (χ4n) is 2.36. The number of carbonyl (C=O) groups excluding carboxylic acids is 4. The van der Waals surface area contributed by atoms with Crippen molar-refractivity contribution in [3.63, 3.8) is 0 Å². The van der Waals surface area contributed by atoms with E-state index >= 15 is 0 Å². The summed E-state index contributed by atoms with van der Waals surface area (Å²) >= 11 is 0. The van der Waals surface area contributed by atoms with Crippen molar-refractivity contribution in [2.24, 2.45) is 5.41 Å². The molecule has 0 heterocycles. The normalized spacial score (nSPS) is 10.6. The van der Waals surface area contributed by atoms with Gasteiger partial charge in [-0.15, -0.1) is 0 Å². The fourth-order valence-corrected chi connectivity index (χ4v) is 2.36. The molecule has 0 radical (unpaired) electrons. The number of benzene rings is 2. The minimum absolute atomic E-state index is 0.271. The first-order valence-electron chi connectivity index (χ1n) is 8.68. The van der Waals surface area contributed by atoms with E-state index in [1.54, 1.807) is 36.4 Å². The van der Waals surface area contributed by atoms with Gasteiger partial charge in [-0.3, -0.25) is 9.59 Å². The predicted octanol–water partition coefficient (Wildman–Crippen LogP) is 2.86. The van der Waals surface area contributed by atoms with E-state index in [9.17, 15) is 19.2 Å². The van der Waals surface area contributed by atoms with Gasteiger partial charge < -0.3 is 20.1 Å². The number of rotatable bonds is 6. The van der Waals surface area contributed by atoms with Gasteiger partial charge in [-0.25, -0.2) is 9.59 Å². The number of hydrogen-bond acceptors (Lipinski definition) is 6. The van der Waals surface area contributed by atoms with Gasteiger partial charge in [0.1, 0.15) is 5.41 Å². The van der Waals surface area contributed by atoms with E-state index in [2.05, 4.69) is 20.1 Å². The molecule has 0 bridgehead atoms. The average Bonchev–Trinajstić information content (AvgIpc) is 2.72. The van der Waals surface area contributed by atoms with Crippen LogP contribution in [0.5, 0.6) is 0 Å². The summed E-state index contributed by atoms with van der Waals surface area (Å²) in [5.74, 6) is -2.21. The largest absolute Gasteiger partial charge is 0.465 e. The average molecular weight is 398 g/mol. The van der Waals surface area contributed by atoms with Gasteiger partial charge in [-0.2, -0.15) is 0 Å². The Morgan fingerprint density at radius 1 is 0.724 bits per heavy atom. The molecule has 8 nitrogen and oxygen atoms in total. The zero-order chi connectivity index (χ0) is 21.6. The molecule has 29 heavy (non-hydrogen) atoms. The summed E-state index contributed by atoms with van der Waals surface area (Å²) in [6.45, 7) is 2.93. The van der Waals surface area contributed by atoms with Gasteiger partial charge in [0.15, 0.2) is 0 Å². The molecule has 0 saturated carbocycles. The van der Waals surface area contributed by atoms with E-state index in [1.165, 1.54) is 40.2 Å². The monoisotopic (exact) mass is 398 g/mol. The molecule has 2 aromatic carbocycles. The van der Waals surface area contributed by atoms with E-state index in [4.69, 9.17) is 0 Å². The summed E-state index contributed by atoms with van der Waals surface area (Å²) in [4.78, 5) is 48.6. The number of amides is 2. The smallest absolute Gasteiger partial charge is 0.337 e. The van der Waals surface area contributed by atoms with Crippen LogP contribution >= 0.6 is 0 Å². The highest BCUT2D eigenvalue weighted by molar-refractivity contribution is 6.14. The lowest BCUT2D eigenvalue weighted by atomic mass is 9.90. The van der Waals surface area contributed by atoms with Crippen LogP contribution in [-0.4, -0.2) is 38.0 Å². The van der Waals surface area contributed by atoms with Crippen molar-refractivity contribution >= 4 is 35.1 Å². The zero-order valence-electron chi connectivity index (χ0n) is 16.6. The molecule has 2 rings (SSSR count). The highest BCUT2D eigenvalue weighted by Crippen LogP contribution is 2.23. The van der Waals surface area contributed by atoms with Crippen LogP contribution in [0.15, 0.2) is 48.5 Å². The molecule has 2 aromatic rings. The van der Waals surface area contributed by atoms with Crippen molar-refractivity contribution < 1.29 is 28.7 Å². The molecule has 0 spiro atoms. The van der Waals surface area contributed by atoms with E-state index in [0.717, 1.165) is 0 Å². The Balaban J connectivity index is 2.13. The van der Waals surface area contributed by atoms with Crippen molar-refractivity contribution in [1.29, 1.82) is 0 Å². The first kappa shape index (κ1) is 21.6. The molecule has 0 aromatic heterocycles. The second kappa shape index (κ2) is 9.01. The Morgan fingerprint density at radius 3 is 1.45 bits per heavy atom. The first-order chi connectivity index (χ1) is 13.7. The van der Waals surface area contributed by atoms with Crippen molar-refractivity contribution in [2.45, 2.75) is 13.8 Å². The number of nitrogens with one attached hydrogen (secondary N) is 2. The molecular formula is C21H22N2O6. The van der Waals surface area contributed by atoms with Crippen LogP contribution in [0, 0.1) is 5.41 Å². The molecule has 152 valence electrons. The standard InChI is InChI=1S/C21H22N2O6/c1-21(2,19(26)22-15-9-5-7-13(11-15)17(24)28-3)20(27)23-16-10-6-8-14(12-16)18(25)29-4/h5-12H,1-4H3,(H,22,26)(H,23,27). The maximum Gasteiger partial charge on any atom is 0.337 e. The van der Waals surface area contributed by atoms with Crippen LogP contribution in [0.3, 0.4) is 0 Å². The molecule has 2 N–H and O–H groups in total. The summed E-state index contributed by atoms with van der Waals surface area (Å²) in [6.07, 6.45) is 0. The number of hydrogen-bond donors (Lipinski definition) is 2. The molecule has 0 saturated heterocycles. The van der Waals surface area contributed by atoms with Gasteiger partial charge in [0.2, 0.25) is 11.8 Å². The lowest BCUT2D eigenvalue weighted by molar-refractivity contribution is -0.135. The van der Waals surface area contributed by atoms with E-state index in [0.29, 0.717) is 11.4 Å². The maximum absolute atomic E-state index is 12.7. The molecule has 0 aliphatic rings. The number of esters is 2. The Hall–Kier alpha value is -3.68. The number of ether oxygens (including phenoxy) is 2. The highest BCUT2D eigenvalue weighted by Gasteiger charge is 2.36. The van der Waals surface area contributed by atoms with Gasteiger partial charge in [-0.05, 0) is 50.2 Å². The number of anilines is 2. The summed E-state index contributed by atoms with van der Waals surface area (Å²) in [6, 6.07) is 12.4. The van der Waals surface area contributed by atoms with Gasteiger partial charge in [0.25, 0.3) is 0 Å². The van der Waals surface area contributed by atoms with E-state index < -0.39 is 29.2 Å². The van der Waals surface area contributed by atoms with Gasteiger partial charge in [-0.1, -0.05) is 12.1 Å². The molecular weight excluding hydrogens is 376 g/mol. The molecule has 0 atom stereocenters. The third-order valence-electron chi connectivity index (χ3n) is 4.22. The van der Waals surface area contributed by atoms with E-state index in [-0.39, 0.29) is 11.1 Å². The van der Waals surface area contributed by atoms with Gasteiger partial charge in [0, 0.05) is 11.4 Å². The summed E-state index contributed by atoms with van der Waals surface area (Å²) in [5.41, 5.74) is -0.194. The van der Waals surface area contributed by atoms with Crippen LogP contribution in [0.4, 0.5) is 11.4 Å². The topological polar surface area (TPSA) is 111 Å². The Kier molecular flexibility index (Phi) is 6.71. The Labute approximate surface area is 168 Å². The minimum atomic E-state index is -1.44. The molecule has 2 amide bonds. The minimum Gasteiger partial charge on any atom is -0.465 e. The number of carbonyl (C=O) groups is 4. The summed E-state index contributed by atoms with van der Waals surface area (Å²) in [7, 11) is 2.52. The maximum atomic E-state index is 12.7. The predicted molar refractivity (Wildman–Crippen MR) is 107 cm³/mol. The van der Waals surface area contributed by atoms with Crippen LogP contribution in [0.1, 0.15) is 34.6 Å². The van der Waals surface area contributed by atoms with Crippen molar-refractivity contribution in [1.82, 2.24) is 0 Å². The van der Waals surface area contributed by atoms with E-state index in [1.807, 2.05) is 0 Å². The fraction of sp³-hybridized carbons (Fsp3) is 0.238. The van der Waals surface area contributed by atoms with Gasteiger partial charge >= 0.3 is 11.9 Å². The molecule has 0 unspecified atom stereocenters. The van der Waals surface area contributed by atoms with Crippen molar-refractivity contribution in [3.05, 3.63) is 59.7 Å². The Bertz CT molecular complexity index is 876. The second-order valence-electron chi connectivity index (χ2n) is 6.68. The van der Waals surface area contributed by atoms with Crippen LogP contribution in [-0.2, 0) is 19.1 Å². The zero-order valence-corrected chi connectivity index (χ0v) is 16.6. The van der Waals surface area contributed by atoms with Crippen molar-refractivity contribution in [2.75, 3.05) is 24.9 Å². The third-order valence-corrected chi connectivity index (χ3v) is 4.22. The Morgan fingerprint density at radius 2 is 1.10 bits per heavy atom. The molecule has 0 aliphatic heterocycles. The number of methoxy groups -OCH3 is 2. The highest BCUT2D eigenvalue weighted by atomic mass is 16.5. The van der Waals surface area contributed by atoms with Crippen LogP contribution in [0.2, 0.25) is 0 Å². The van der Waals surface area contributed by atoms with Crippen LogP contribution < -0.4 is 10.6 Å².